The molecule has 2 aromatic rings. The molecular formula is C22H27ClN2O2S. The lowest BCUT2D eigenvalue weighted by Gasteiger charge is -2.43. The Hall–Kier alpha value is -1.56. The SMILES string of the molecule is CC[C@@H]1[C@H]2Nc3ccc(Cl)cc3C(C)(C)[C@@H]2CN1S(=O)(=O)c1ccc(C)cc1. The second kappa shape index (κ2) is 6.75. The molecule has 0 aliphatic carbocycles. The zero-order valence-electron chi connectivity index (χ0n) is 16.7. The first kappa shape index (κ1) is 19.7. The summed E-state index contributed by atoms with van der Waals surface area (Å²) in [5.41, 5.74) is 3.09. The maximum Gasteiger partial charge on any atom is 0.243 e. The summed E-state index contributed by atoms with van der Waals surface area (Å²) < 4.78 is 28.7. The molecule has 2 heterocycles. The van der Waals surface area contributed by atoms with Crippen molar-refractivity contribution in [3.05, 3.63) is 58.6 Å². The lowest BCUT2D eigenvalue weighted by atomic mass is 9.67. The highest BCUT2D eigenvalue weighted by atomic mass is 35.5. The van der Waals surface area contributed by atoms with Gasteiger partial charge in [0.15, 0.2) is 0 Å². The maximum atomic E-state index is 13.5. The Morgan fingerprint density at radius 1 is 1.18 bits per heavy atom. The molecule has 1 N–H and O–H groups in total. The number of fused-ring (bicyclic) bond motifs is 2. The quantitative estimate of drug-likeness (QED) is 0.777. The summed E-state index contributed by atoms with van der Waals surface area (Å²) in [5, 5.41) is 4.35. The molecule has 0 bridgehead atoms. The number of benzene rings is 2. The molecule has 150 valence electrons. The van der Waals surface area contributed by atoms with Crippen LogP contribution in [0.25, 0.3) is 0 Å². The molecule has 0 amide bonds. The molecule has 0 spiro atoms. The van der Waals surface area contributed by atoms with E-state index in [0.717, 1.165) is 23.2 Å². The summed E-state index contributed by atoms with van der Waals surface area (Å²) in [6.45, 7) is 8.94. The Bertz CT molecular complexity index is 1000. The second-order valence-electron chi connectivity index (χ2n) is 8.55. The Labute approximate surface area is 172 Å². The molecule has 4 nitrogen and oxygen atoms in total. The van der Waals surface area contributed by atoms with Crippen LogP contribution in [0.1, 0.15) is 38.3 Å². The summed E-state index contributed by atoms with van der Waals surface area (Å²) in [7, 11) is -3.55. The molecule has 0 radical (unpaired) electrons. The molecule has 2 aliphatic rings. The van der Waals surface area contributed by atoms with Crippen molar-refractivity contribution in [2.24, 2.45) is 5.92 Å². The van der Waals surface area contributed by atoms with Crippen molar-refractivity contribution in [3.63, 3.8) is 0 Å². The molecule has 2 aliphatic heterocycles. The number of sulfonamides is 1. The van der Waals surface area contributed by atoms with Crippen molar-refractivity contribution in [1.82, 2.24) is 4.31 Å². The van der Waals surface area contributed by atoms with Gasteiger partial charge in [0, 0.05) is 35.3 Å². The molecule has 6 heteroatoms. The van der Waals surface area contributed by atoms with Crippen LogP contribution in [-0.4, -0.2) is 31.4 Å². The van der Waals surface area contributed by atoms with Gasteiger partial charge in [-0.25, -0.2) is 8.42 Å². The first-order valence-electron chi connectivity index (χ1n) is 9.81. The van der Waals surface area contributed by atoms with Crippen molar-refractivity contribution < 1.29 is 8.42 Å². The van der Waals surface area contributed by atoms with Gasteiger partial charge in [0.1, 0.15) is 0 Å². The lowest BCUT2D eigenvalue weighted by molar-refractivity contribution is 0.301. The number of hydrogen-bond donors (Lipinski definition) is 1. The van der Waals surface area contributed by atoms with Crippen LogP contribution < -0.4 is 5.32 Å². The van der Waals surface area contributed by atoms with Crippen LogP contribution in [0.4, 0.5) is 5.69 Å². The Balaban J connectivity index is 1.76. The number of halogens is 1. The minimum absolute atomic E-state index is 0.0777. The summed E-state index contributed by atoms with van der Waals surface area (Å²) >= 11 is 6.26. The van der Waals surface area contributed by atoms with E-state index in [1.165, 1.54) is 0 Å². The monoisotopic (exact) mass is 418 g/mol. The van der Waals surface area contributed by atoms with Gasteiger partial charge in [-0.1, -0.05) is 50.1 Å². The van der Waals surface area contributed by atoms with Gasteiger partial charge in [-0.05, 0) is 54.7 Å². The molecule has 3 atom stereocenters. The fourth-order valence-corrected chi connectivity index (χ4v) is 6.81. The zero-order valence-corrected chi connectivity index (χ0v) is 18.3. The van der Waals surface area contributed by atoms with Gasteiger partial charge in [0.05, 0.1) is 4.90 Å². The first-order valence-corrected chi connectivity index (χ1v) is 11.6. The van der Waals surface area contributed by atoms with Crippen LogP contribution in [0.2, 0.25) is 5.02 Å². The Morgan fingerprint density at radius 3 is 2.50 bits per heavy atom. The summed E-state index contributed by atoms with van der Waals surface area (Å²) in [5.74, 6) is 0.170. The van der Waals surface area contributed by atoms with E-state index in [1.807, 2.05) is 37.3 Å². The van der Waals surface area contributed by atoms with Gasteiger partial charge in [-0.2, -0.15) is 4.31 Å². The van der Waals surface area contributed by atoms with Crippen LogP contribution in [-0.2, 0) is 15.4 Å². The standard InChI is InChI=1S/C22H27ClN2O2S/c1-5-20-21-18(22(3,4)17-12-15(23)8-11-19(17)24-21)13-25(20)28(26,27)16-9-6-14(2)7-10-16/h6-12,18,20-21,24H,5,13H2,1-4H3/t18-,20-,21+/m1/s1. The van der Waals surface area contributed by atoms with Crippen molar-refractivity contribution in [2.45, 2.75) is 56.5 Å². The van der Waals surface area contributed by atoms with E-state index in [2.05, 4.69) is 26.1 Å². The fraction of sp³-hybridized carbons (Fsp3) is 0.455. The third kappa shape index (κ3) is 2.95. The van der Waals surface area contributed by atoms with E-state index in [0.29, 0.717) is 16.5 Å². The number of anilines is 1. The number of nitrogens with one attached hydrogen (secondary N) is 1. The number of aryl methyl sites for hydroxylation is 1. The molecule has 28 heavy (non-hydrogen) atoms. The van der Waals surface area contributed by atoms with Crippen molar-refractivity contribution in [3.8, 4) is 0 Å². The van der Waals surface area contributed by atoms with Gasteiger partial charge in [0.25, 0.3) is 0 Å². The summed E-state index contributed by atoms with van der Waals surface area (Å²) in [6.07, 6.45) is 0.762. The van der Waals surface area contributed by atoms with Gasteiger partial charge in [0.2, 0.25) is 10.0 Å². The lowest BCUT2D eigenvalue weighted by Crippen LogP contribution is -2.48. The van der Waals surface area contributed by atoms with Gasteiger partial charge < -0.3 is 5.32 Å². The molecule has 2 aromatic carbocycles. The predicted molar refractivity (Wildman–Crippen MR) is 115 cm³/mol. The zero-order chi connectivity index (χ0) is 20.3. The highest BCUT2D eigenvalue weighted by Gasteiger charge is 2.54. The third-order valence-corrected chi connectivity index (χ3v) is 8.71. The van der Waals surface area contributed by atoms with E-state index in [9.17, 15) is 8.42 Å². The minimum Gasteiger partial charge on any atom is -0.380 e. The molecule has 1 fully saturated rings. The Morgan fingerprint density at radius 2 is 1.86 bits per heavy atom. The third-order valence-electron chi connectivity index (χ3n) is 6.57. The summed E-state index contributed by atoms with van der Waals surface area (Å²) in [4.78, 5) is 0.369. The summed E-state index contributed by atoms with van der Waals surface area (Å²) in [6, 6.07) is 13.1. The van der Waals surface area contributed by atoms with Crippen LogP contribution in [0.15, 0.2) is 47.4 Å². The van der Waals surface area contributed by atoms with Gasteiger partial charge in [-0.3, -0.25) is 0 Å². The number of hydrogen-bond acceptors (Lipinski definition) is 3. The van der Waals surface area contributed by atoms with Gasteiger partial charge in [-0.15, -0.1) is 0 Å². The molecule has 4 rings (SSSR count). The topological polar surface area (TPSA) is 49.4 Å². The molecule has 0 aromatic heterocycles. The van der Waals surface area contributed by atoms with E-state index in [4.69, 9.17) is 11.6 Å². The highest BCUT2D eigenvalue weighted by Crippen LogP contribution is 2.49. The van der Waals surface area contributed by atoms with Crippen molar-refractivity contribution >= 4 is 27.3 Å². The second-order valence-corrected chi connectivity index (χ2v) is 10.9. The van der Waals surface area contributed by atoms with Crippen LogP contribution in [0, 0.1) is 12.8 Å². The van der Waals surface area contributed by atoms with Gasteiger partial charge >= 0.3 is 0 Å². The maximum absolute atomic E-state index is 13.5. The molecule has 1 saturated heterocycles. The average molecular weight is 419 g/mol. The normalized spacial score (nSPS) is 26.4. The molecule has 0 saturated carbocycles. The number of nitrogens with zero attached hydrogens (tertiary/aromatic N) is 1. The fourth-order valence-electron chi connectivity index (χ4n) is 4.90. The van der Waals surface area contributed by atoms with Crippen LogP contribution >= 0.6 is 11.6 Å². The smallest absolute Gasteiger partial charge is 0.243 e. The largest absolute Gasteiger partial charge is 0.380 e. The molecule has 0 unspecified atom stereocenters. The van der Waals surface area contributed by atoms with Crippen LogP contribution in [0.5, 0.6) is 0 Å². The van der Waals surface area contributed by atoms with Crippen molar-refractivity contribution in [2.75, 3.05) is 11.9 Å². The van der Waals surface area contributed by atoms with Crippen molar-refractivity contribution in [1.29, 1.82) is 0 Å². The highest BCUT2D eigenvalue weighted by molar-refractivity contribution is 7.89. The van der Waals surface area contributed by atoms with E-state index < -0.39 is 10.0 Å². The minimum atomic E-state index is -3.55. The first-order chi connectivity index (χ1) is 13.2. The van der Waals surface area contributed by atoms with E-state index >= 15 is 0 Å². The number of rotatable bonds is 3. The average Bonchev–Trinajstić information content (AvgIpc) is 3.03. The van der Waals surface area contributed by atoms with E-state index in [-0.39, 0.29) is 23.4 Å². The predicted octanol–water partition coefficient (Wildman–Crippen LogP) is 4.82. The Kier molecular flexibility index (Phi) is 4.76. The molecular weight excluding hydrogens is 392 g/mol. The van der Waals surface area contributed by atoms with Crippen LogP contribution in [0.3, 0.4) is 0 Å². The van der Waals surface area contributed by atoms with E-state index in [1.54, 1.807) is 16.4 Å².